The van der Waals surface area contributed by atoms with Crippen LogP contribution in [-0.4, -0.2) is 46.6 Å². The molecule has 0 saturated carbocycles. The van der Waals surface area contributed by atoms with Gasteiger partial charge in [0.15, 0.2) is 5.69 Å². The third-order valence-electron chi connectivity index (χ3n) is 2.07. The summed E-state index contributed by atoms with van der Waals surface area (Å²) >= 11 is 0. The average molecular weight is 293 g/mol. The molecule has 1 N–H and O–H groups in total. The molecule has 0 aliphatic heterocycles. The van der Waals surface area contributed by atoms with Gasteiger partial charge in [-0.2, -0.15) is 0 Å². The van der Waals surface area contributed by atoms with Crippen molar-refractivity contribution in [2.24, 2.45) is 0 Å². The van der Waals surface area contributed by atoms with Gasteiger partial charge in [-0.05, 0) is 11.8 Å². The SMILES string of the molecule is CCOC(=O)COCC(F)(F)Cc1c[nH]c([N+](=O)[O-])n1. The second-order valence-electron chi connectivity index (χ2n) is 3.80. The van der Waals surface area contributed by atoms with Gasteiger partial charge in [-0.15, -0.1) is 0 Å². The number of H-pyrrole nitrogens is 1. The Labute approximate surface area is 112 Å². The number of nitrogens with one attached hydrogen (secondary N) is 1. The lowest BCUT2D eigenvalue weighted by Gasteiger charge is -2.13. The minimum absolute atomic E-state index is 0.134. The number of halogens is 2. The zero-order valence-corrected chi connectivity index (χ0v) is 10.6. The second kappa shape index (κ2) is 6.89. The van der Waals surface area contributed by atoms with E-state index in [9.17, 15) is 23.7 Å². The van der Waals surface area contributed by atoms with Crippen LogP contribution in [0.15, 0.2) is 6.20 Å². The summed E-state index contributed by atoms with van der Waals surface area (Å²) in [5.74, 6) is -4.64. The number of nitro groups is 1. The smallest absolute Gasteiger partial charge is 0.432 e. The Balaban J connectivity index is 2.43. The van der Waals surface area contributed by atoms with E-state index in [1.165, 1.54) is 0 Å². The van der Waals surface area contributed by atoms with Gasteiger partial charge in [0, 0.05) is 0 Å². The summed E-state index contributed by atoms with van der Waals surface area (Å²) in [7, 11) is 0. The van der Waals surface area contributed by atoms with Crippen LogP contribution in [-0.2, 0) is 20.7 Å². The first kappa shape index (κ1) is 16.0. The number of aromatic amines is 1. The number of hydrogen-bond donors (Lipinski definition) is 1. The molecule has 0 aliphatic carbocycles. The normalized spacial score (nSPS) is 11.3. The van der Waals surface area contributed by atoms with Crippen molar-refractivity contribution in [2.45, 2.75) is 19.3 Å². The van der Waals surface area contributed by atoms with E-state index >= 15 is 0 Å². The lowest BCUT2D eigenvalue weighted by molar-refractivity contribution is -0.393. The number of carbonyl (C=O) groups is 1. The van der Waals surface area contributed by atoms with Gasteiger partial charge >= 0.3 is 11.9 Å². The molecule has 0 unspecified atom stereocenters. The van der Waals surface area contributed by atoms with Crippen molar-refractivity contribution >= 4 is 11.9 Å². The van der Waals surface area contributed by atoms with Crippen molar-refractivity contribution in [3.05, 3.63) is 22.0 Å². The highest BCUT2D eigenvalue weighted by molar-refractivity contribution is 5.70. The van der Waals surface area contributed by atoms with Gasteiger partial charge in [0.2, 0.25) is 0 Å². The van der Waals surface area contributed by atoms with Crippen LogP contribution in [0, 0.1) is 10.1 Å². The minimum Gasteiger partial charge on any atom is -0.464 e. The van der Waals surface area contributed by atoms with Crippen LogP contribution in [0.1, 0.15) is 12.6 Å². The highest BCUT2D eigenvalue weighted by Gasteiger charge is 2.33. The fourth-order valence-electron chi connectivity index (χ4n) is 1.33. The van der Waals surface area contributed by atoms with E-state index in [1.54, 1.807) is 6.92 Å². The molecular weight excluding hydrogens is 280 g/mol. The molecule has 0 aliphatic rings. The summed E-state index contributed by atoms with van der Waals surface area (Å²) in [6.45, 7) is 0.128. The van der Waals surface area contributed by atoms with Gasteiger partial charge in [0.05, 0.1) is 13.0 Å². The van der Waals surface area contributed by atoms with Gasteiger partial charge < -0.3 is 19.6 Å². The van der Waals surface area contributed by atoms with Gasteiger partial charge in [-0.3, -0.25) is 0 Å². The Morgan fingerprint density at radius 3 is 2.85 bits per heavy atom. The second-order valence-corrected chi connectivity index (χ2v) is 3.80. The van der Waals surface area contributed by atoms with Crippen LogP contribution in [0.25, 0.3) is 0 Å². The number of nitrogens with zero attached hydrogens (tertiary/aromatic N) is 2. The fraction of sp³-hybridized carbons (Fsp3) is 0.600. The highest BCUT2D eigenvalue weighted by Crippen LogP contribution is 2.20. The Morgan fingerprint density at radius 2 is 2.30 bits per heavy atom. The maximum absolute atomic E-state index is 13.5. The summed E-state index contributed by atoms with van der Waals surface area (Å²) in [6.07, 6.45) is 0.192. The molecule has 1 rings (SSSR count). The van der Waals surface area contributed by atoms with Crippen molar-refractivity contribution in [3.63, 3.8) is 0 Å². The van der Waals surface area contributed by atoms with Crippen LogP contribution < -0.4 is 0 Å². The number of rotatable bonds is 8. The molecule has 0 atom stereocenters. The van der Waals surface area contributed by atoms with Crippen LogP contribution >= 0.6 is 0 Å². The minimum atomic E-state index is -3.30. The molecule has 20 heavy (non-hydrogen) atoms. The van der Waals surface area contributed by atoms with E-state index in [1.807, 2.05) is 0 Å². The summed E-state index contributed by atoms with van der Waals surface area (Å²) in [5.41, 5.74) is -0.165. The summed E-state index contributed by atoms with van der Waals surface area (Å²) in [6, 6.07) is 0. The molecule has 1 aromatic heterocycles. The summed E-state index contributed by atoms with van der Waals surface area (Å²) in [4.78, 5) is 25.9. The van der Waals surface area contributed by atoms with Crippen LogP contribution in [0.3, 0.4) is 0 Å². The topological polar surface area (TPSA) is 107 Å². The van der Waals surface area contributed by atoms with Crippen molar-refractivity contribution in [3.8, 4) is 0 Å². The first-order valence-electron chi connectivity index (χ1n) is 5.64. The van der Waals surface area contributed by atoms with Crippen molar-refractivity contribution < 1.29 is 28.0 Å². The van der Waals surface area contributed by atoms with Crippen LogP contribution in [0.5, 0.6) is 0 Å². The summed E-state index contributed by atoms with van der Waals surface area (Å²) in [5, 5.41) is 10.3. The van der Waals surface area contributed by atoms with Crippen molar-refractivity contribution in [2.75, 3.05) is 19.8 Å². The highest BCUT2D eigenvalue weighted by atomic mass is 19.3. The molecule has 0 amide bonds. The molecule has 0 aromatic carbocycles. The van der Waals surface area contributed by atoms with Crippen LogP contribution in [0.2, 0.25) is 0 Å². The molecule has 0 saturated heterocycles. The van der Waals surface area contributed by atoms with E-state index in [0.29, 0.717) is 0 Å². The van der Waals surface area contributed by atoms with E-state index in [2.05, 4.69) is 19.4 Å². The quantitative estimate of drug-likeness (QED) is 0.436. The van der Waals surface area contributed by atoms with E-state index in [0.717, 1.165) is 6.20 Å². The standard InChI is InChI=1S/C10H13F2N3O5/c1-2-20-8(16)5-19-6-10(11,12)3-7-4-13-9(14-7)15(17)18/h4H,2-3,5-6H2,1H3,(H,13,14). The first-order valence-corrected chi connectivity index (χ1v) is 5.64. The Hall–Kier alpha value is -2.10. The number of imidazole rings is 1. The van der Waals surface area contributed by atoms with Crippen molar-refractivity contribution in [1.82, 2.24) is 9.97 Å². The molecule has 112 valence electrons. The van der Waals surface area contributed by atoms with Gasteiger partial charge in [-0.1, -0.05) is 4.98 Å². The largest absolute Gasteiger partial charge is 0.464 e. The number of alkyl halides is 2. The molecule has 1 heterocycles. The summed E-state index contributed by atoms with van der Waals surface area (Å²) < 4.78 is 36.0. The number of aromatic nitrogens is 2. The first-order chi connectivity index (χ1) is 9.34. The van der Waals surface area contributed by atoms with Gasteiger partial charge in [0.25, 0.3) is 5.92 Å². The lowest BCUT2D eigenvalue weighted by Crippen LogP contribution is -2.28. The number of ether oxygens (including phenoxy) is 2. The van der Waals surface area contributed by atoms with Gasteiger partial charge in [0.1, 0.15) is 19.4 Å². The molecule has 0 spiro atoms. The third kappa shape index (κ3) is 5.26. The predicted octanol–water partition coefficient (Wildman–Crippen LogP) is 1.08. The van der Waals surface area contributed by atoms with E-state index in [-0.39, 0.29) is 12.3 Å². The zero-order valence-electron chi connectivity index (χ0n) is 10.6. The van der Waals surface area contributed by atoms with Crippen LogP contribution in [0.4, 0.5) is 14.7 Å². The molecular formula is C10H13F2N3O5. The lowest BCUT2D eigenvalue weighted by atomic mass is 10.2. The maximum atomic E-state index is 13.5. The van der Waals surface area contributed by atoms with E-state index < -0.39 is 42.4 Å². The van der Waals surface area contributed by atoms with E-state index in [4.69, 9.17) is 0 Å². The molecule has 0 radical (unpaired) electrons. The molecule has 10 heteroatoms. The third-order valence-corrected chi connectivity index (χ3v) is 2.07. The molecule has 8 nitrogen and oxygen atoms in total. The molecule has 0 bridgehead atoms. The zero-order chi connectivity index (χ0) is 15.2. The Bertz CT molecular complexity index is 477. The number of hydrogen-bond acceptors (Lipinski definition) is 6. The predicted molar refractivity (Wildman–Crippen MR) is 61.3 cm³/mol. The number of carbonyl (C=O) groups excluding carboxylic acids is 1. The average Bonchev–Trinajstić information content (AvgIpc) is 2.76. The van der Waals surface area contributed by atoms with Crippen molar-refractivity contribution in [1.29, 1.82) is 0 Å². The Morgan fingerprint density at radius 1 is 1.60 bits per heavy atom. The molecule has 1 aromatic rings. The Kier molecular flexibility index (Phi) is 5.50. The monoisotopic (exact) mass is 293 g/mol. The number of esters is 1. The van der Waals surface area contributed by atoms with Gasteiger partial charge in [-0.25, -0.2) is 18.6 Å². The molecule has 0 fully saturated rings. The fourth-order valence-corrected chi connectivity index (χ4v) is 1.33. The maximum Gasteiger partial charge on any atom is 0.432 e.